The number of halogens is 4. The molecule has 0 aliphatic heterocycles. The smallest absolute Gasteiger partial charge is 0.265 e. The Balaban J connectivity index is 1.81. The molecule has 3 aromatic heterocycles. The Kier molecular flexibility index (Phi) is 8.51. The van der Waals surface area contributed by atoms with E-state index in [4.69, 9.17) is 0 Å². The van der Waals surface area contributed by atoms with Gasteiger partial charge in [-0.1, -0.05) is 13.0 Å². The number of nitrogens with one attached hydrogen (secondary N) is 1. The Labute approximate surface area is 228 Å². The first-order chi connectivity index (χ1) is 19.0. The lowest BCUT2D eigenvalue weighted by Crippen LogP contribution is -2.24. The molecule has 0 aliphatic rings. The molecule has 0 bridgehead atoms. The average Bonchev–Trinajstić information content (AvgIpc) is 3.35. The Morgan fingerprint density at radius 2 is 1.73 bits per heavy atom. The van der Waals surface area contributed by atoms with Crippen molar-refractivity contribution in [2.45, 2.75) is 45.8 Å². The van der Waals surface area contributed by atoms with Crippen LogP contribution in [-0.2, 0) is 14.1 Å². The van der Waals surface area contributed by atoms with E-state index in [0.717, 1.165) is 17.7 Å². The molecule has 1 unspecified atom stereocenters. The van der Waals surface area contributed by atoms with Crippen LogP contribution in [0.3, 0.4) is 0 Å². The van der Waals surface area contributed by atoms with Crippen LogP contribution in [0.25, 0.3) is 33.4 Å². The second-order valence-electron chi connectivity index (χ2n) is 9.54. The maximum atomic E-state index is 14.7. The third-order valence-corrected chi connectivity index (χ3v) is 6.47. The van der Waals surface area contributed by atoms with E-state index in [1.807, 2.05) is 0 Å². The summed E-state index contributed by atoms with van der Waals surface area (Å²) in [7, 11) is 3.35. The van der Waals surface area contributed by atoms with Gasteiger partial charge in [0.2, 0.25) is 0 Å². The number of allylic oxidation sites excluding steroid dienone is 3. The van der Waals surface area contributed by atoms with Gasteiger partial charge in [0, 0.05) is 55.6 Å². The zero-order valence-electron chi connectivity index (χ0n) is 22.8. The molecule has 0 saturated heterocycles. The van der Waals surface area contributed by atoms with E-state index >= 15 is 0 Å². The topological polar surface area (TPSA) is 77.6 Å². The van der Waals surface area contributed by atoms with Crippen molar-refractivity contribution in [3.05, 3.63) is 88.1 Å². The summed E-state index contributed by atoms with van der Waals surface area (Å²) in [6, 6.07) is 3.43. The summed E-state index contributed by atoms with van der Waals surface area (Å²) < 4.78 is 59.1. The largest absolute Gasteiger partial charge is 0.378 e. The number of aromatic nitrogens is 5. The fourth-order valence-corrected chi connectivity index (χ4v) is 4.58. The van der Waals surface area contributed by atoms with E-state index in [-0.39, 0.29) is 11.1 Å². The van der Waals surface area contributed by atoms with Crippen LogP contribution in [0, 0.1) is 5.82 Å². The summed E-state index contributed by atoms with van der Waals surface area (Å²) in [5.74, 6) is -0.183. The fraction of sp³-hybridized carbons (Fsp3) is 0.310. The number of alkyl halides is 3. The molecule has 3 heterocycles. The zero-order valence-corrected chi connectivity index (χ0v) is 22.8. The van der Waals surface area contributed by atoms with Gasteiger partial charge >= 0.3 is 0 Å². The number of hydrogen-bond acceptors (Lipinski definition) is 5. The van der Waals surface area contributed by atoms with Gasteiger partial charge in [-0.2, -0.15) is 5.10 Å². The first kappa shape index (κ1) is 28.7. The molecule has 0 spiro atoms. The van der Waals surface area contributed by atoms with Crippen LogP contribution in [0.2, 0.25) is 0 Å². The van der Waals surface area contributed by atoms with Crippen molar-refractivity contribution in [1.29, 1.82) is 0 Å². The van der Waals surface area contributed by atoms with Crippen LogP contribution in [-0.4, -0.2) is 36.9 Å². The highest BCUT2D eigenvalue weighted by Gasteiger charge is 2.22. The molecule has 11 heteroatoms. The molecule has 1 N–H and O–H groups in total. The standard InChI is InChI=1S/C29H30F4N6O/c1-6-7-25(24(27(32)33)8-16(2)30)37-17(3)21-9-20(31)10-23-22(21)11-26(39(5)29(23)40)18-12-34-28(35-13-18)19-14-36-38(4)15-19/h7-17,27,37H,6H2,1-5H3/b24-8+,25-7+/t16?,17-/m1/s1. The first-order valence-electron chi connectivity index (χ1n) is 12.8. The van der Waals surface area contributed by atoms with Crippen molar-refractivity contribution in [1.82, 2.24) is 29.6 Å². The third-order valence-electron chi connectivity index (χ3n) is 6.47. The van der Waals surface area contributed by atoms with Crippen LogP contribution in [0.4, 0.5) is 17.6 Å². The maximum Gasteiger partial charge on any atom is 0.265 e. The highest BCUT2D eigenvalue weighted by atomic mass is 19.3. The number of aryl methyl sites for hydroxylation is 1. The van der Waals surface area contributed by atoms with Crippen LogP contribution in [0.1, 0.15) is 38.8 Å². The van der Waals surface area contributed by atoms with E-state index < -0.39 is 35.6 Å². The zero-order chi connectivity index (χ0) is 29.1. The average molecular weight is 555 g/mol. The number of fused-ring (bicyclic) bond motifs is 1. The van der Waals surface area contributed by atoms with Crippen LogP contribution in [0.5, 0.6) is 0 Å². The fourth-order valence-electron chi connectivity index (χ4n) is 4.58. The van der Waals surface area contributed by atoms with Gasteiger partial charge in [-0.15, -0.1) is 0 Å². The quantitative estimate of drug-likeness (QED) is 0.202. The number of pyridine rings is 1. The molecule has 7 nitrogen and oxygen atoms in total. The SMILES string of the molecule is CC/C=C(N[C@H](C)c1cc(F)cc2c(=O)n(C)c(-c3cnc(-c4cnn(C)c4)nc3)cc12)\C(=C/C(C)F)C(F)F. The molecule has 1 aromatic carbocycles. The minimum atomic E-state index is -2.92. The summed E-state index contributed by atoms with van der Waals surface area (Å²) in [4.78, 5) is 22.2. The molecule has 210 valence electrons. The highest BCUT2D eigenvalue weighted by molar-refractivity contribution is 5.88. The third kappa shape index (κ3) is 5.98. The summed E-state index contributed by atoms with van der Waals surface area (Å²) in [5.41, 5.74) is 1.28. The van der Waals surface area contributed by atoms with Gasteiger partial charge in [-0.25, -0.2) is 27.5 Å². The number of rotatable bonds is 9. The summed E-state index contributed by atoms with van der Waals surface area (Å²) >= 11 is 0. The molecule has 4 rings (SSSR count). The molecule has 2 atom stereocenters. The molecule has 0 fully saturated rings. The Morgan fingerprint density at radius 1 is 1.02 bits per heavy atom. The molecular formula is C29H30F4N6O. The van der Waals surface area contributed by atoms with E-state index in [1.165, 1.54) is 23.6 Å². The minimum Gasteiger partial charge on any atom is -0.378 e. The van der Waals surface area contributed by atoms with Crippen molar-refractivity contribution in [2.24, 2.45) is 14.1 Å². The Hall–Kier alpha value is -4.28. The monoisotopic (exact) mass is 554 g/mol. The van der Waals surface area contributed by atoms with Crippen molar-refractivity contribution in [3.8, 4) is 22.6 Å². The van der Waals surface area contributed by atoms with Gasteiger partial charge in [0.1, 0.15) is 12.0 Å². The number of benzene rings is 1. The Bertz CT molecular complexity index is 1640. The Morgan fingerprint density at radius 3 is 2.30 bits per heavy atom. The van der Waals surface area contributed by atoms with Crippen LogP contribution < -0.4 is 10.9 Å². The predicted octanol–water partition coefficient (Wildman–Crippen LogP) is 6.03. The molecule has 4 aromatic rings. The maximum absolute atomic E-state index is 14.7. The van der Waals surface area contributed by atoms with Crippen molar-refractivity contribution >= 4 is 10.8 Å². The summed E-state index contributed by atoms with van der Waals surface area (Å²) in [5, 5.41) is 7.69. The number of hydrogen-bond donors (Lipinski definition) is 1. The van der Waals surface area contributed by atoms with Gasteiger partial charge in [0.15, 0.2) is 5.82 Å². The van der Waals surface area contributed by atoms with E-state index in [2.05, 4.69) is 20.4 Å². The van der Waals surface area contributed by atoms with Gasteiger partial charge < -0.3 is 9.88 Å². The van der Waals surface area contributed by atoms with E-state index in [1.54, 1.807) is 63.5 Å². The molecular weight excluding hydrogens is 524 g/mol. The molecule has 40 heavy (non-hydrogen) atoms. The van der Waals surface area contributed by atoms with E-state index in [9.17, 15) is 22.4 Å². The normalized spacial score (nSPS) is 14.2. The van der Waals surface area contributed by atoms with Crippen LogP contribution >= 0.6 is 0 Å². The first-order valence-corrected chi connectivity index (χ1v) is 12.8. The van der Waals surface area contributed by atoms with E-state index in [0.29, 0.717) is 34.5 Å². The second-order valence-corrected chi connectivity index (χ2v) is 9.54. The second kappa shape index (κ2) is 11.8. The van der Waals surface area contributed by atoms with Crippen molar-refractivity contribution in [2.75, 3.05) is 0 Å². The van der Waals surface area contributed by atoms with Gasteiger partial charge in [0.05, 0.1) is 22.8 Å². The summed E-state index contributed by atoms with van der Waals surface area (Å²) in [6.45, 7) is 4.60. The lowest BCUT2D eigenvalue weighted by molar-refractivity contribution is 0.189. The molecule has 0 saturated carbocycles. The molecule has 0 radical (unpaired) electrons. The predicted molar refractivity (Wildman–Crippen MR) is 147 cm³/mol. The van der Waals surface area contributed by atoms with Crippen molar-refractivity contribution < 1.29 is 17.6 Å². The van der Waals surface area contributed by atoms with Crippen molar-refractivity contribution in [3.63, 3.8) is 0 Å². The summed E-state index contributed by atoms with van der Waals surface area (Å²) in [6.07, 6.45) is 4.87. The molecule has 0 aliphatic carbocycles. The molecule has 0 amide bonds. The van der Waals surface area contributed by atoms with Crippen LogP contribution in [0.15, 0.2) is 71.2 Å². The number of nitrogens with zero attached hydrogens (tertiary/aromatic N) is 5. The lowest BCUT2D eigenvalue weighted by atomic mass is 9.97. The lowest BCUT2D eigenvalue weighted by Gasteiger charge is -2.23. The van der Waals surface area contributed by atoms with Gasteiger partial charge in [-0.05, 0) is 55.5 Å². The minimum absolute atomic E-state index is 0.0513. The van der Waals surface area contributed by atoms with Gasteiger partial charge in [-0.3, -0.25) is 9.48 Å². The highest BCUT2D eigenvalue weighted by Crippen LogP contribution is 2.30. The van der Waals surface area contributed by atoms with Gasteiger partial charge in [0.25, 0.3) is 12.0 Å².